The Labute approximate surface area is 118 Å². The normalized spacial score (nSPS) is 17.7. The van der Waals surface area contributed by atoms with Crippen molar-refractivity contribution < 1.29 is 10.2 Å². The summed E-state index contributed by atoms with van der Waals surface area (Å²) in [6, 6.07) is 13.9. The first-order valence-corrected chi connectivity index (χ1v) is 7.06. The van der Waals surface area contributed by atoms with Gasteiger partial charge in [-0.15, -0.1) is 0 Å². The second-order valence-corrected chi connectivity index (χ2v) is 5.35. The highest BCUT2D eigenvalue weighted by atomic mass is 16.3. The molecule has 1 aliphatic carbocycles. The summed E-state index contributed by atoms with van der Waals surface area (Å²) in [5.41, 5.74) is 3.80. The Kier molecular flexibility index (Phi) is 3.61. The minimum absolute atomic E-state index is 0.0617. The molecule has 1 atom stereocenters. The molecule has 0 saturated carbocycles. The summed E-state index contributed by atoms with van der Waals surface area (Å²) in [5.74, 6) is -0.134. The molecule has 1 aliphatic rings. The van der Waals surface area contributed by atoms with Crippen LogP contribution in [0.5, 0.6) is 11.5 Å². The number of phenolic OH excluding ortho intramolecular Hbond substituents is 2. The Morgan fingerprint density at radius 3 is 2.75 bits per heavy atom. The number of aryl methyl sites for hydroxylation is 1. The minimum Gasteiger partial charge on any atom is -0.504 e. The van der Waals surface area contributed by atoms with Crippen LogP contribution in [0.3, 0.4) is 0 Å². The van der Waals surface area contributed by atoms with Gasteiger partial charge >= 0.3 is 0 Å². The predicted molar refractivity (Wildman–Crippen MR) is 78.7 cm³/mol. The van der Waals surface area contributed by atoms with E-state index in [0.717, 1.165) is 18.4 Å². The van der Waals surface area contributed by atoms with Crippen LogP contribution in [0.25, 0.3) is 0 Å². The lowest BCUT2D eigenvalue weighted by molar-refractivity contribution is 0.402. The van der Waals surface area contributed by atoms with Gasteiger partial charge in [-0.1, -0.05) is 30.3 Å². The van der Waals surface area contributed by atoms with E-state index in [1.807, 2.05) is 6.07 Å². The van der Waals surface area contributed by atoms with Crippen LogP contribution in [-0.4, -0.2) is 10.2 Å². The third-order valence-corrected chi connectivity index (χ3v) is 3.96. The van der Waals surface area contributed by atoms with E-state index >= 15 is 0 Å². The fourth-order valence-corrected chi connectivity index (χ4v) is 2.89. The van der Waals surface area contributed by atoms with Crippen LogP contribution in [-0.2, 0) is 13.0 Å². The maximum atomic E-state index is 9.52. The Morgan fingerprint density at radius 1 is 1.05 bits per heavy atom. The van der Waals surface area contributed by atoms with Crippen LogP contribution in [0.15, 0.2) is 42.5 Å². The lowest BCUT2D eigenvalue weighted by Crippen LogP contribution is -2.24. The molecular formula is C17H19NO2. The van der Waals surface area contributed by atoms with E-state index in [1.54, 1.807) is 6.07 Å². The van der Waals surface area contributed by atoms with Crippen LogP contribution < -0.4 is 5.32 Å². The van der Waals surface area contributed by atoms with Crippen molar-refractivity contribution >= 4 is 0 Å². The molecule has 0 bridgehead atoms. The topological polar surface area (TPSA) is 52.5 Å². The molecule has 0 saturated heterocycles. The molecule has 104 valence electrons. The largest absolute Gasteiger partial charge is 0.504 e. The zero-order chi connectivity index (χ0) is 13.9. The number of benzene rings is 2. The lowest BCUT2D eigenvalue weighted by atomic mass is 9.87. The van der Waals surface area contributed by atoms with Gasteiger partial charge in [-0.05, 0) is 48.1 Å². The second-order valence-electron chi connectivity index (χ2n) is 5.35. The number of nitrogens with one attached hydrogen (secondary N) is 1. The molecule has 0 heterocycles. The summed E-state index contributed by atoms with van der Waals surface area (Å²) in [4.78, 5) is 0. The maximum absolute atomic E-state index is 9.52. The SMILES string of the molecule is Oc1ccc(CNC2CCCc3ccccc32)cc1O. The summed E-state index contributed by atoms with van der Waals surface area (Å²) in [5, 5.41) is 22.4. The van der Waals surface area contributed by atoms with Gasteiger partial charge in [-0.2, -0.15) is 0 Å². The van der Waals surface area contributed by atoms with E-state index in [-0.39, 0.29) is 11.5 Å². The minimum atomic E-state index is -0.0724. The van der Waals surface area contributed by atoms with Gasteiger partial charge in [0.25, 0.3) is 0 Å². The third kappa shape index (κ3) is 2.63. The van der Waals surface area contributed by atoms with Crippen molar-refractivity contribution in [1.82, 2.24) is 5.32 Å². The average Bonchev–Trinajstić information content (AvgIpc) is 2.48. The fourth-order valence-electron chi connectivity index (χ4n) is 2.89. The standard InChI is InChI=1S/C17H19NO2/c19-16-9-8-12(10-17(16)20)11-18-15-7-3-5-13-4-1-2-6-14(13)15/h1-2,4,6,8-10,15,18-20H,3,5,7,11H2. The predicted octanol–water partition coefficient (Wildman–Crippen LogP) is 3.27. The molecule has 0 radical (unpaired) electrons. The average molecular weight is 269 g/mol. The number of hydrogen-bond donors (Lipinski definition) is 3. The second kappa shape index (κ2) is 5.55. The molecule has 0 spiro atoms. The summed E-state index contributed by atoms with van der Waals surface area (Å²) >= 11 is 0. The van der Waals surface area contributed by atoms with Crippen molar-refractivity contribution in [2.75, 3.05) is 0 Å². The molecule has 20 heavy (non-hydrogen) atoms. The Morgan fingerprint density at radius 2 is 1.90 bits per heavy atom. The maximum Gasteiger partial charge on any atom is 0.157 e. The van der Waals surface area contributed by atoms with Crippen molar-refractivity contribution in [2.45, 2.75) is 31.8 Å². The van der Waals surface area contributed by atoms with E-state index in [9.17, 15) is 10.2 Å². The molecule has 3 N–H and O–H groups in total. The smallest absolute Gasteiger partial charge is 0.157 e. The first-order valence-electron chi connectivity index (χ1n) is 7.06. The zero-order valence-electron chi connectivity index (χ0n) is 11.3. The fraction of sp³-hybridized carbons (Fsp3) is 0.294. The first-order chi connectivity index (χ1) is 9.74. The number of aromatic hydroxyl groups is 2. The molecule has 0 aliphatic heterocycles. The van der Waals surface area contributed by atoms with Crippen molar-refractivity contribution in [2.24, 2.45) is 0 Å². The highest BCUT2D eigenvalue weighted by Gasteiger charge is 2.18. The van der Waals surface area contributed by atoms with Gasteiger partial charge < -0.3 is 15.5 Å². The molecule has 3 rings (SSSR count). The summed E-state index contributed by atoms with van der Waals surface area (Å²) < 4.78 is 0. The van der Waals surface area contributed by atoms with Crippen LogP contribution in [0.4, 0.5) is 0 Å². The molecular weight excluding hydrogens is 250 g/mol. The van der Waals surface area contributed by atoms with Gasteiger partial charge in [0.15, 0.2) is 11.5 Å². The Balaban J connectivity index is 1.71. The van der Waals surface area contributed by atoms with E-state index in [1.165, 1.54) is 23.6 Å². The number of phenols is 2. The number of rotatable bonds is 3. The van der Waals surface area contributed by atoms with E-state index < -0.39 is 0 Å². The molecule has 3 nitrogen and oxygen atoms in total. The summed E-state index contributed by atoms with van der Waals surface area (Å²) in [7, 11) is 0. The Bertz CT molecular complexity index is 610. The molecule has 1 unspecified atom stereocenters. The number of hydrogen-bond acceptors (Lipinski definition) is 3. The van der Waals surface area contributed by atoms with Crippen molar-refractivity contribution in [1.29, 1.82) is 0 Å². The summed E-state index contributed by atoms with van der Waals surface area (Å²) in [6.07, 6.45) is 3.50. The van der Waals surface area contributed by atoms with Gasteiger partial charge in [0.1, 0.15) is 0 Å². The van der Waals surface area contributed by atoms with Gasteiger partial charge in [0, 0.05) is 12.6 Å². The van der Waals surface area contributed by atoms with Crippen molar-refractivity contribution in [3.05, 3.63) is 59.2 Å². The summed E-state index contributed by atoms with van der Waals surface area (Å²) in [6.45, 7) is 0.687. The lowest BCUT2D eigenvalue weighted by Gasteiger charge is -2.26. The van der Waals surface area contributed by atoms with Gasteiger partial charge in [-0.25, -0.2) is 0 Å². The first kappa shape index (κ1) is 13.0. The molecule has 2 aromatic carbocycles. The monoisotopic (exact) mass is 269 g/mol. The van der Waals surface area contributed by atoms with Gasteiger partial charge in [0.05, 0.1) is 0 Å². The highest BCUT2D eigenvalue weighted by Crippen LogP contribution is 2.30. The quantitative estimate of drug-likeness (QED) is 0.750. The van der Waals surface area contributed by atoms with Crippen molar-refractivity contribution in [3.63, 3.8) is 0 Å². The zero-order valence-corrected chi connectivity index (χ0v) is 11.3. The van der Waals surface area contributed by atoms with Crippen LogP contribution in [0.1, 0.15) is 35.6 Å². The van der Waals surface area contributed by atoms with E-state index in [4.69, 9.17) is 0 Å². The number of fused-ring (bicyclic) bond motifs is 1. The molecule has 0 amide bonds. The van der Waals surface area contributed by atoms with Crippen LogP contribution >= 0.6 is 0 Å². The van der Waals surface area contributed by atoms with E-state index in [2.05, 4.69) is 29.6 Å². The van der Waals surface area contributed by atoms with Crippen LogP contribution in [0, 0.1) is 0 Å². The van der Waals surface area contributed by atoms with Crippen LogP contribution in [0.2, 0.25) is 0 Å². The third-order valence-electron chi connectivity index (χ3n) is 3.96. The molecule has 3 heteroatoms. The van der Waals surface area contributed by atoms with Crippen molar-refractivity contribution in [3.8, 4) is 11.5 Å². The highest BCUT2D eigenvalue weighted by molar-refractivity contribution is 5.40. The van der Waals surface area contributed by atoms with E-state index in [0.29, 0.717) is 12.6 Å². The Hall–Kier alpha value is -2.00. The molecule has 2 aromatic rings. The molecule has 0 aromatic heterocycles. The molecule has 0 fully saturated rings. The van der Waals surface area contributed by atoms with Gasteiger partial charge in [0.2, 0.25) is 0 Å². The van der Waals surface area contributed by atoms with Gasteiger partial charge in [-0.3, -0.25) is 0 Å².